The van der Waals surface area contributed by atoms with Crippen LogP contribution in [0.25, 0.3) is 0 Å². The molecule has 0 amide bonds. The van der Waals surface area contributed by atoms with Crippen LogP contribution in [0.2, 0.25) is 0 Å². The summed E-state index contributed by atoms with van der Waals surface area (Å²) >= 11 is 3.61. The molecule has 0 aliphatic heterocycles. The molecule has 1 aliphatic rings. The molecule has 1 aromatic carbocycles. The van der Waals surface area contributed by atoms with Crippen LogP contribution in [-0.4, -0.2) is 0 Å². The number of benzene rings is 1. The van der Waals surface area contributed by atoms with Crippen LogP contribution in [0.1, 0.15) is 23.2 Å². The minimum atomic E-state index is -0.158. The third-order valence-corrected chi connectivity index (χ3v) is 3.50. The molecular formula is C10H10BrF. The SMILES string of the molecule is Fc1ccc(C(Br)C2CC2)cc1. The molecule has 2 rings (SSSR count). The number of halogens is 2. The average Bonchev–Trinajstić information content (AvgIpc) is 2.87. The van der Waals surface area contributed by atoms with Crippen LogP contribution in [0.15, 0.2) is 24.3 Å². The molecule has 0 aromatic heterocycles. The molecule has 1 aliphatic carbocycles. The molecule has 2 heteroatoms. The molecule has 0 saturated heterocycles. The van der Waals surface area contributed by atoms with Crippen molar-refractivity contribution in [3.05, 3.63) is 35.6 Å². The van der Waals surface area contributed by atoms with E-state index in [0.29, 0.717) is 4.83 Å². The zero-order chi connectivity index (χ0) is 8.55. The fraction of sp³-hybridized carbons (Fsp3) is 0.400. The summed E-state index contributed by atoms with van der Waals surface area (Å²) in [5.74, 6) is 0.615. The van der Waals surface area contributed by atoms with Crippen LogP contribution in [0.4, 0.5) is 4.39 Å². The Bertz CT molecular complexity index is 264. The highest BCUT2D eigenvalue weighted by atomic mass is 79.9. The lowest BCUT2D eigenvalue weighted by molar-refractivity contribution is 0.626. The summed E-state index contributed by atoms with van der Waals surface area (Å²) in [5.41, 5.74) is 1.19. The van der Waals surface area contributed by atoms with E-state index in [1.807, 2.05) is 12.1 Å². The summed E-state index contributed by atoms with van der Waals surface area (Å²) in [6, 6.07) is 6.75. The number of hydrogen-bond acceptors (Lipinski definition) is 0. The molecule has 12 heavy (non-hydrogen) atoms. The van der Waals surface area contributed by atoms with Crippen LogP contribution >= 0.6 is 15.9 Å². The molecule has 0 nitrogen and oxygen atoms in total. The molecular weight excluding hydrogens is 219 g/mol. The standard InChI is InChI=1S/C10H10BrF/c11-10(7-1-2-7)8-3-5-9(12)6-4-8/h3-7,10H,1-2H2. The van der Waals surface area contributed by atoms with Crippen molar-refractivity contribution in [1.29, 1.82) is 0 Å². The van der Waals surface area contributed by atoms with E-state index in [0.717, 1.165) is 5.92 Å². The molecule has 1 saturated carbocycles. The molecule has 0 N–H and O–H groups in total. The highest BCUT2D eigenvalue weighted by Crippen LogP contribution is 2.46. The predicted octanol–water partition coefficient (Wildman–Crippen LogP) is 3.67. The van der Waals surface area contributed by atoms with E-state index >= 15 is 0 Å². The van der Waals surface area contributed by atoms with E-state index in [9.17, 15) is 4.39 Å². The zero-order valence-electron chi connectivity index (χ0n) is 6.63. The number of rotatable bonds is 2. The number of alkyl halides is 1. The van der Waals surface area contributed by atoms with Crippen LogP contribution in [0.5, 0.6) is 0 Å². The van der Waals surface area contributed by atoms with E-state index in [-0.39, 0.29) is 5.82 Å². The molecule has 1 unspecified atom stereocenters. The Labute approximate surface area is 79.9 Å². The van der Waals surface area contributed by atoms with Gasteiger partial charge in [-0.25, -0.2) is 4.39 Å². The van der Waals surface area contributed by atoms with Crippen molar-refractivity contribution in [3.63, 3.8) is 0 Å². The van der Waals surface area contributed by atoms with E-state index in [1.54, 1.807) is 0 Å². The van der Waals surface area contributed by atoms with Crippen molar-refractivity contribution in [2.24, 2.45) is 5.92 Å². The van der Waals surface area contributed by atoms with Gasteiger partial charge in [-0.05, 0) is 36.5 Å². The number of hydrogen-bond donors (Lipinski definition) is 0. The van der Waals surface area contributed by atoms with Gasteiger partial charge in [0, 0.05) is 4.83 Å². The molecule has 64 valence electrons. The Hall–Kier alpha value is -0.370. The van der Waals surface area contributed by atoms with Crippen molar-refractivity contribution in [2.45, 2.75) is 17.7 Å². The van der Waals surface area contributed by atoms with Gasteiger partial charge in [0.25, 0.3) is 0 Å². The molecule has 1 atom stereocenters. The summed E-state index contributed by atoms with van der Waals surface area (Å²) in [7, 11) is 0. The van der Waals surface area contributed by atoms with Gasteiger partial charge in [-0.3, -0.25) is 0 Å². The van der Waals surface area contributed by atoms with Crippen LogP contribution in [0, 0.1) is 11.7 Å². The largest absolute Gasteiger partial charge is 0.207 e. The van der Waals surface area contributed by atoms with Crippen molar-refractivity contribution in [3.8, 4) is 0 Å². The second-order valence-corrected chi connectivity index (χ2v) is 4.28. The van der Waals surface area contributed by atoms with Gasteiger partial charge in [0.2, 0.25) is 0 Å². The average molecular weight is 229 g/mol. The maximum absolute atomic E-state index is 12.6. The van der Waals surface area contributed by atoms with Gasteiger partial charge in [-0.15, -0.1) is 0 Å². The lowest BCUT2D eigenvalue weighted by Crippen LogP contribution is -1.91. The van der Waals surface area contributed by atoms with Crippen LogP contribution in [0.3, 0.4) is 0 Å². The normalized spacial score (nSPS) is 19.2. The summed E-state index contributed by atoms with van der Waals surface area (Å²) in [5, 5.41) is 0. The lowest BCUT2D eigenvalue weighted by Gasteiger charge is -2.07. The molecule has 0 bridgehead atoms. The van der Waals surface area contributed by atoms with Crippen LogP contribution in [-0.2, 0) is 0 Å². The van der Waals surface area contributed by atoms with Crippen molar-refractivity contribution in [2.75, 3.05) is 0 Å². The minimum absolute atomic E-state index is 0.158. The Kier molecular flexibility index (Phi) is 2.18. The highest BCUT2D eigenvalue weighted by molar-refractivity contribution is 9.09. The molecule has 0 heterocycles. The van der Waals surface area contributed by atoms with Gasteiger partial charge in [0.15, 0.2) is 0 Å². The monoisotopic (exact) mass is 228 g/mol. The Morgan fingerprint density at radius 2 is 1.83 bits per heavy atom. The Morgan fingerprint density at radius 3 is 2.33 bits per heavy atom. The maximum Gasteiger partial charge on any atom is 0.123 e. The van der Waals surface area contributed by atoms with Crippen molar-refractivity contribution >= 4 is 15.9 Å². The quantitative estimate of drug-likeness (QED) is 0.678. The Balaban J connectivity index is 2.16. The first-order valence-electron chi connectivity index (χ1n) is 4.17. The van der Waals surface area contributed by atoms with Gasteiger partial charge in [0.1, 0.15) is 5.82 Å². The molecule has 0 radical (unpaired) electrons. The van der Waals surface area contributed by atoms with E-state index in [2.05, 4.69) is 15.9 Å². The second kappa shape index (κ2) is 3.17. The van der Waals surface area contributed by atoms with Gasteiger partial charge >= 0.3 is 0 Å². The van der Waals surface area contributed by atoms with Gasteiger partial charge in [-0.2, -0.15) is 0 Å². The highest BCUT2D eigenvalue weighted by Gasteiger charge is 2.30. The van der Waals surface area contributed by atoms with Gasteiger partial charge < -0.3 is 0 Å². The summed E-state index contributed by atoms with van der Waals surface area (Å²) < 4.78 is 12.6. The first-order valence-corrected chi connectivity index (χ1v) is 5.08. The molecule has 1 aromatic rings. The molecule has 1 fully saturated rings. The van der Waals surface area contributed by atoms with Crippen molar-refractivity contribution < 1.29 is 4.39 Å². The molecule has 0 spiro atoms. The fourth-order valence-electron chi connectivity index (χ4n) is 1.31. The maximum atomic E-state index is 12.6. The summed E-state index contributed by atoms with van der Waals surface area (Å²) in [4.78, 5) is 0.429. The summed E-state index contributed by atoms with van der Waals surface area (Å²) in [6.07, 6.45) is 2.60. The fourth-order valence-corrected chi connectivity index (χ4v) is 2.14. The minimum Gasteiger partial charge on any atom is -0.207 e. The third-order valence-electron chi connectivity index (χ3n) is 2.22. The second-order valence-electron chi connectivity index (χ2n) is 3.29. The first-order chi connectivity index (χ1) is 5.77. The van der Waals surface area contributed by atoms with E-state index < -0.39 is 0 Å². The first kappa shape index (κ1) is 8.24. The topological polar surface area (TPSA) is 0 Å². The smallest absolute Gasteiger partial charge is 0.123 e. The van der Waals surface area contributed by atoms with Crippen molar-refractivity contribution in [1.82, 2.24) is 0 Å². The Morgan fingerprint density at radius 1 is 1.25 bits per heavy atom. The zero-order valence-corrected chi connectivity index (χ0v) is 8.22. The van der Waals surface area contributed by atoms with E-state index in [4.69, 9.17) is 0 Å². The van der Waals surface area contributed by atoms with E-state index in [1.165, 1.54) is 30.5 Å². The predicted molar refractivity (Wildman–Crippen MR) is 50.8 cm³/mol. The lowest BCUT2D eigenvalue weighted by atomic mass is 10.1. The van der Waals surface area contributed by atoms with Gasteiger partial charge in [-0.1, -0.05) is 28.1 Å². The van der Waals surface area contributed by atoms with Gasteiger partial charge in [0.05, 0.1) is 0 Å². The summed E-state index contributed by atoms with van der Waals surface area (Å²) in [6.45, 7) is 0. The van der Waals surface area contributed by atoms with Crippen LogP contribution < -0.4 is 0 Å². The third kappa shape index (κ3) is 1.69.